The molecule has 84 valence electrons. The van der Waals surface area contributed by atoms with Gasteiger partial charge in [-0.05, 0) is 19.4 Å². The van der Waals surface area contributed by atoms with Crippen LogP contribution in [0.5, 0.6) is 0 Å². The van der Waals surface area contributed by atoms with Crippen molar-refractivity contribution in [3.8, 4) is 0 Å². The van der Waals surface area contributed by atoms with Gasteiger partial charge in [0.15, 0.2) is 0 Å². The van der Waals surface area contributed by atoms with Gasteiger partial charge in [-0.1, -0.05) is 32.3 Å². The lowest BCUT2D eigenvalue weighted by molar-refractivity contribution is 0.0446. The minimum Gasteiger partial charge on any atom is -0.385 e. The molecular weight excluding hydrogens is 188 g/mol. The molecule has 0 bridgehead atoms. The molecule has 0 amide bonds. The van der Waals surface area contributed by atoms with E-state index in [1.165, 1.54) is 0 Å². The third kappa shape index (κ3) is 3.51. The van der Waals surface area contributed by atoms with Gasteiger partial charge in [0.25, 0.3) is 0 Å². The summed E-state index contributed by atoms with van der Waals surface area (Å²) in [6.07, 6.45) is 5.77. The Morgan fingerprint density at radius 2 is 2.13 bits per heavy atom. The molecule has 1 heterocycles. The van der Waals surface area contributed by atoms with E-state index < -0.39 is 5.60 Å². The summed E-state index contributed by atoms with van der Waals surface area (Å²) in [6, 6.07) is 3.57. The third-order valence-electron chi connectivity index (χ3n) is 2.68. The highest BCUT2D eigenvalue weighted by Gasteiger charge is 2.22. The zero-order valence-electron chi connectivity index (χ0n) is 9.53. The van der Waals surface area contributed by atoms with Crippen LogP contribution >= 0.6 is 0 Å². The van der Waals surface area contributed by atoms with Gasteiger partial charge in [-0.3, -0.25) is 0 Å². The first kappa shape index (κ1) is 12.0. The van der Waals surface area contributed by atoms with Crippen LogP contribution in [0.3, 0.4) is 0 Å². The Kier molecular flexibility index (Phi) is 4.09. The first-order chi connectivity index (χ1) is 7.06. The number of nitrogens with two attached hydrogens (primary N) is 1. The standard InChI is InChI=1S/C12H20N2O/c1-3-4-5-8-12(2,15)10-6-7-11(13)14-9-10/h6-7,9,15H,3-5,8H2,1-2H3,(H2,13,14). The molecule has 0 saturated heterocycles. The summed E-state index contributed by atoms with van der Waals surface area (Å²) in [5.41, 5.74) is 5.56. The van der Waals surface area contributed by atoms with Crippen molar-refractivity contribution in [1.82, 2.24) is 4.98 Å². The molecule has 0 aliphatic heterocycles. The summed E-state index contributed by atoms with van der Waals surface area (Å²) in [4.78, 5) is 3.99. The molecule has 1 aromatic rings. The Balaban J connectivity index is 2.63. The number of pyridine rings is 1. The maximum absolute atomic E-state index is 10.2. The van der Waals surface area contributed by atoms with Crippen molar-refractivity contribution in [3.63, 3.8) is 0 Å². The molecule has 0 saturated carbocycles. The van der Waals surface area contributed by atoms with Crippen LogP contribution in [0.15, 0.2) is 18.3 Å². The van der Waals surface area contributed by atoms with Crippen LogP contribution in [0.2, 0.25) is 0 Å². The molecule has 1 aromatic heterocycles. The average Bonchev–Trinajstić information content (AvgIpc) is 2.18. The minimum atomic E-state index is -0.782. The number of unbranched alkanes of at least 4 members (excludes halogenated alkanes) is 2. The predicted molar refractivity (Wildman–Crippen MR) is 62.4 cm³/mol. The van der Waals surface area contributed by atoms with Crippen molar-refractivity contribution in [2.24, 2.45) is 0 Å². The highest BCUT2D eigenvalue weighted by molar-refractivity contribution is 5.31. The monoisotopic (exact) mass is 208 g/mol. The van der Waals surface area contributed by atoms with Crippen LogP contribution in [0.25, 0.3) is 0 Å². The number of aromatic nitrogens is 1. The smallest absolute Gasteiger partial charge is 0.123 e. The van der Waals surface area contributed by atoms with E-state index in [1.54, 1.807) is 12.3 Å². The first-order valence-electron chi connectivity index (χ1n) is 5.50. The molecule has 1 atom stereocenters. The third-order valence-corrected chi connectivity index (χ3v) is 2.68. The quantitative estimate of drug-likeness (QED) is 0.731. The number of hydrogen-bond acceptors (Lipinski definition) is 3. The summed E-state index contributed by atoms with van der Waals surface area (Å²) < 4.78 is 0. The van der Waals surface area contributed by atoms with Gasteiger partial charge in [0, 0.05) is 11.8 Å². The lowest BCUT2D eigenvalue weighted by atomic mass is 9.91. The molecule has 3 heteroatoms. The van der Waals surface area contributed by atoms with Gasteiger partial charge in [0.2, 0.25) is 0 Å². The van der Waals surface area contributed by atoms with E-state index in [0.29, 0.717) is 5.82 Å². The number of hydrogen-bond donors (Lipinski definition) is 2. The summed E-state index contributed by atoms with van der Waals surface area (Å²) >= 11 is 0. The molecule has 0 aromatic carbocycles. The number of nitrogens with zero attached hydrogens (tertiary/aromatic N) is 1. The van der Waals surface area contributed by atoms with Crippen molar-refractivity contribution in [2.45, 2.75) is 45.1 Å². The number of nitrogen functional groups attached to an aromatic ring is 1. The Bertz CT molecular complexity index is 293. The fourth-order valence-electron chi connectivity index (χ4n) is 1.59. The van der Waals surface area contributed by atoms with Crippen LogP contribution in [-0.2, 0) is 5.60 Å². The number of anilines is 1. The summed E-state index contributed by atoms with van der Waals surface area (Å²) in [6.45, 7) is 3.98. The van der Waals surface area contributed by atoms with Crippen LogP contribution < -0.4 is 5.73 Å². The minimum absolute atomic E-state index is 0.489. The van der Waals surface area contributed by atoms with E-state index in [-0.39, 0.29) is 0 Å². The van der Waals surface area contributed by atoms with Gasteiger partial charge >= 0.3 is 0 Å². The van der Waals surface area contributed by atoms with Gasteiger partial charge in [-0.2, -0.15) is 0 Å². The van der Waals surface area contributed by atoms with E-state index in [1.807, 2.05) is 13.0 Å². The van der Waals surface area contributed by atoms with E-state index in [9.17, 15) is 5.11 Å². The van der Waals surface area contributed by atoms with Crippen LogP contribution in [0.1, 0.15) is 45.1 Å². The van der Waals surface area contributed by atoms with Crippen molar-refractivity contribution in [1.29, 1.82) is 0 Å². The van der Waals surface area contributed by atoms with Gasteiger partial charge in [0.05, 0.1) is 5.60 Å². The van der Waals surface area contributed by atoms with E-state index in [2.05, 4.69) is 11.9 Å². The lowest BCUT2D eigenvalue weighted by Crippen LogP contribution is -2.21. The summed E-state index contributed by atoms with van der Waals surface area (Å²) in [7, 11) is 0. The molecule has 0 radical (unpaired) electrons. The van der Waals surface area contributed by atoms with Crippen LogP contribution in [-0.4, -0.2) is 10.1 Å². The van der Waals surface area contributed by atoms with Crippen molar-refractivity contribution in [2.75, 3.05) is 5.73 Å². The Morgan fingerprint density at radius 1 is 1.40 bits per heavy atom. The number of aliphatic hydroxyl groups is 1. The Labute approximate surface area is 91.3 Å². The van der Waals surface area contributed by atoms with Gasteiger partial charge in [-0.15, -0.1) is 0 Å². The molecule has 0 fully saturated rings. The Morgan fingerprint density at radius 3 is 2.67 bits per heavy atom. The van der Waals surface area contributed by atoms with E-state index in [4.69, 9.17) is 5.73 Å². The summed E-state index contributed by atoms with van der Waals surface area (Å²) in [5.74, 6) is 0.489. The molecule has 1 rings (SSSR count). The molecule has 3 nitrogen and oxygen atoms in total. The topological polar surface area (TPSA) is 59.1 Å². The fourth-order valence-corrected chi connectivity index (χ4v) is 1.59. The van der Waals surface area contributed by atoms with Crippen molar-refractivity contribution >= 4 is 5.82 Å². The largest absolute Gasteiger partial charge is 0.385 e. The maximum Gasteiger partial charge on any atom is 0.123 e. The zero-order chi connectivity index (χ0) is 11.3. The normalized spacial score (nSPS) is 14.9. The van der Waals surface area contributed by atoms with Crippen molar-refractivity contribution in [3.05, 3.63) is 23.9 Å². The molecular formula is C12H20N2O. The van der Waals surface area contributed by atoms with Crippen LogP contribution in [0.4, 0.5) is 5.82 Å². The second-order valence-electron chi connectivity index (χ2n) is 4.20. The number of rotatable bonds is 5. The molecule has 1 unspecified atom stereocenters. The molecule has 3 N–H and O–H groups in total. The molecule has 15 heavy (non-hydrogen) atoms. The first-order valence-corrected chi connectivity index (χ1v) is 5.50. The van der Waals surface area contributed by atoms with Crippen molar-refractivity contribution < 1.29 is 5.11 Å². The highest BCUT2D eigenvalue weighted by atomic mass is 16.3. The predicted octanol–water partition coefficient (Wildman–Crippen LogP) is 2.45. The zero-order valence-corrected chi connectivity index (χ0v) is 9.53. The van der Waals surface area contributed by atoms with Gasteiger partial charge in [-0.25, -0.2) is 4.98 Å². The average molecular weight is 208 g/mol. The molecule has 0 spiro atoms. The molecule has 0 aliphatic rings. The Hall–Kier alpha value is -1.09. The van der Waals surface area contributed by atoms with Gasteiger partial charge < -0.3 is 10.8 Å². The van der Waals surface area contributed by atoms with E-state index >= 15 is 0 Å². The SMILES string of the molecule is CCCCCC(C)(O)c1ccc(N)nc1. The highest BCUT2D eigenvalue weighted by Crippen LogP contribution is 2.26. The lowest BCUT2D eigenvalue weighted by Gasteiger charge is -2.23. The fraction of sp³-hybridized carbons (Fsp3) is 0.583. The maximum atomic E-state index is 10.2. The second-order valence-corrected chi connectivity index (χ2v) is 4.20. The molecule has 0 aliphatic carbocycles. The van der Waals surface area contributed by atoms with Gasteiger partial charge in [0.1, 0.15) is 5.82 Å². The second kappa shape index (κ2) is 5.12. The van der Waals surface area contributed by atoms with E-state index in [0.717, 1.165) is 31.2 Å². The summed E-state index contributed by atoms with van der Waals surface area (Å²) in [5, 5.41) is 10.2. The van der Waals surface area contributed by atoms with Crippen LogP contribution in [0, 0.1) is 0 Å².